The molecule has 0 unspecified atom stereocenters. The fourth-order valence-corrected chi connectivity index (χ4v) is 0.944. The van der Waals surface area contributed by atoms with E-state index in [2.05, 4.69) is 0 Å². The molecule has 0 rings (SSSR count). The Morgan fingerprint density at radius 3 is 2.25 bits per heavy atom. The lowest BCUT2D eigenvalue weighted by atomic mass is 9.99. The summed E-state index contributed by atoms with van der Waals surface area (Å²) in [7, 11) is 0. The Labute approximate surface area is 72.2 Å². The normalized spacial score (nSPS) is 12.2. The molecule has 0 radical (unpaired) electrons. The predicted molar refractivity (Wildman–Crippen MR) is 44.3 cm³/mol. The molecule has 0 N–H and O–H groups in total. The number of ketones is 1. The van der Waals surface area contributed by atoms with Crippen molar-refractivity contribution in [3.8, 4) is 0 Å². The molecule has 0 aliphatic rings. The monoisotopic (exact) mass is 178 g/mol. The Bertz CT molecular complexity index is 153. The number of unbranched alkanes of at least 4 members (excludes halogenated alkanes) is 1. The largest absolute Gasteiger partial charge is 0.305 e. The first-order chi connectivity index (χ1) is 5.41. The molecule has 3 heteroatoms. The molecule has 0 aromatic carbocycles. The average molecular weight is 178 g/mol. The van der Waals surface area contributed by atoms with E-state index in [4.69, 9.17) is 0 Å². The van der Waals surface area contributed by atoms with Crippen LogP contribution in [0.15, 0.2) is 0 Å². The minimum Gasteiger partial charge on any atom is -0.293 e. The Morgan fingerprint density at radius 2 is 1.92 bits per heavy atom. The zero-order valence-corrected chi connectivity index (χ0v) is 7.86. The molecule has 0 aliphatic carbocycles. The van der Waals surface area contributed by atoms with Gasteiger partial charge in [0.15, 0.2) is 0 Å². The van der Waals surface area contributed by atoms with Gasteiger partial charge in [0.25, 0.3) is 0 Å². The van der Waals surface area contributed by atoms with Gasteiger partial charge in [-0.25, -0.2) is 0 Å². The summed E-state index contributed by atoms with van der Waals surface area (Å²) in [5.74, 6) is -4.61. The Morgan fingerprint density at radius 1 is 1.42 bits per heavy atom. The van der Waals surface area contributed by atoms with E-state index in [1.807, 2.05) is 6.92 Å². The van der Waals surface area contributed by atoms with Gasteiger partial charge in [-0.3, -0.25) is 4.79 Å². The zero-order valence-electron chi connectivity index (χ0n) is 7.86. The van der Waals surface area contributed by atoms with Crippen LogP contribution in [0.2, 0.25) is 0 Å². The van der Waals surface area contributed by atoms with E-state index < -0.39 is 17.6 Å². The van der Waals surface area contributed by atoms with Crippen LogP contribution in [0.1, 0.15) is 40.0 Å². The van der Waals surface area contributed by atoms with E-state index in [9.17, 15) is 13.6 Å². The van der Waals surface area contributed by atoms with Crippen molar-refractivity contribution in [2.45, 2.75) is 46.0 Å². The van der Waals surface area contributed by atoms with Crippen LogP contribution in [-0.2, 0) is 4.79 Å². The first-order valence-corrected chi connectivity index (χ1v) is 4.34. The van der Waals surface area contributed by atoms with Crippen LogP contribution in [0.5, 0.6) is 0 Å². The van der Waals surface area contributed by atoms with Gasteiger partial charge in [0.1, 0.15) is 0 Å². The molecule has 0 saturated carbocycles. The smallest absolute Gasteiger partial charge is 0.293 e. The molecule has 0 aliphatic heterocycles. The van der Waals surface area contributed by atoms with Crippen molar-refractivity contribution >= 4 is 5.78 Å². The van der Waals surface area contributed by atoms with Crippen molar-refractivity contribution < 1.29 is 13.6 Å². The second-order valence-corrected chi connectivity index (χ2v) is 3.33. The van der Waals surface area contributed by atoms with Gasteiger partial charge >= 0.3 is 5.92 Å². The van der Waals surface area contributed by atoms with Gasteiger partial charge < -0.3 is 0 Å². The minimum absolute atomic E-state index is 0.305. The first kappa shape index (κ1) is 11.5. The third-order valence-corrected chi connectivity index (χ3v) is 1.73. The lowest BCUT2D eigenvalue weighted by molar-refractivity contribution is -0.147. The minimum atomic E-state index is -3.11. The van der Waals surface area contributed by atoms with Gasteiger partial charge in [0.05, 0.1) is 0 Å². The highest BCUT2D eigenvalue weighted by atomic mass is 19.3. The number of carbonyl (C=O) groups excluding carboxylic acids is 1. The number of alkyl halides is 2. The maximum absolute atomic E-state index is 12.9. The highest BCUT2D eigenvalue weighted by Gasteiger charge is 2.38. The maximum Gasteiger partial charge on any atom is 0.305 e. The molecule has 0 amide bonds. The van der Waals surface area contributed by atoms with E-state index in [1.165, 1.54) is 13.8 Å². The Balaban J connectivity index is 4.09. The molecular weight excluding hydrogens is 162 g/mol. The SMILES string of the molecule is CCCCC(F)(F)C(=O)C(C)C. The van der Waals surface area contributed by atoms with Crippen molar-refractivity contribution in [3.63, 3.8) is 0 Å². The summed E-state index contributed by atoms with van der Waals surface area (Å²) in [5, 5.41) is 0. The van der Waals surface area contributed by atoms with E-state index in [0.29, 0.717) is 12.8 Å². The zero-order chi connectivity index (χ0) is 9.78. The molecule has 0 aromatic heterocycles. The van der Waals surface area contributed by atoms with Gasteiger partial charge in [-0.2, -0.15) is 8.78 Å². The van der Waals surface area contributed by atoms with Crippen LogP contribution in [0.3, 0.4) is 0 Å². The van der Waals surface area contributed by atoms with Crippen molar-refractivity contribution in [3.05, 3.63) is 0 Å². The van der Waals surface area contributed by atoms with Crippen molar-refractivity contribution in [1.29, 1.82) is 0 Å². The van der Waals surface area contributed by atoms with Gasteiger partial charge in [0.2, 0.25) is 5.78 Å². The van der Waals surface area contributed by atoms with Gasteiger partial charge in [-0.15, -0.1) is 0 Å². The summed E-state index contributed by atoms with van der Waals surface area (Å²) in [6.07, 6.45) is 0.799. The van der Waals surface area contributed by atoms with Crippen molar-refractivity contribution in [2.24, 2.45) is 5.92 Å². The van der Waals surface area contributed by atoms with E-state index >= 15 is 0 Å². The summed E-state index contributed by atoms with van der Waals surface area (Å²) < 4.78 is 25.8. The number of halogens is 2. The third kappa shape index (κ3) is 3.28. The van der Waals surface area contributed by atoms with Gasteiger partial charge in [-0.1, -0.05) is 27.2 Å². The maximum atomic E-state index is 12.9. The molecule has 0 fully saturated rings. The van der Waals surface area contributed by atoms with Crippen LogP contribution in [0.25, 0.3) is 0 Å². The van der Waals surface area contributed by atoms with Crippen LogP contribution in [-0.4, -0.2) is 11.7 Å². The second kappa shape index (κ2) is 4.53. The van der Waals surface area contributed by atoms with Crippen LogP contribution in [0.4, 0.5) is 8.78 Å². The summed E-state index contributed by atoms with van der Waals surface area (Å²) in [6, 6.07) is 0. The molecule has 0 heterocycles. The lowest BCUT2D eigenvalue weighted by Gasteiger charge is -2.16. The molecule has 72 valence electrons. The number of rotatable bonds is 5. The molecule has 0 atom stereocenters. The van der Waals surface area contributed by atoms with Crippen molar-refractivity contribution in [2.75, 3.05) is 0 Å². The number of carbonyl (C=O) groups is 1. The summed E-state index contributed by atoms with van der Waals surface area (Å²) in [6.45, 7) is 4.83. The summed E-state index contributed by atoms with van der Waals surface area (Å²) in [5.41, 5.74) is 0. The van der Waals surface area contributed by atoms with E-state index in [1.54, 1.807) is 0 Å². The van der Waals surface area contributed by atoms with E-state index in [0.717, 1.165) is 0 Å². The standard InChI is InChI=1S/C9H16F2O/c1-4-5-6-9(10,11)8(12)7(2)3/h7H,4-6H2,1-3H3. The molecule has 12 heavy (non-hydrogen) atoms. The van der Waals surface area contributed by atoms with Gasteiger partial charge in [-0.05, 0) is 6.42 Å². The molecular formula is C9H16F2O. The van der Waals surface area contributed by atoms with Crippen LogP contribution < -0.4 is 0 Å². The highest BCUT2D eigenvalue weighted by molar-refractivity contribution is 5.87. The van der Waals surface area contributed by atoms with Gasteiger partial charge in [0, 0.05) is 12.3 Å². The Kier molecular flexibility index (Phi) is 4.35. The fraction of sp³-hybridized carbons (Fsp3) is 0.889. The lowest BCUT2D eigenvalue weighted by Crippen LogP contribution is -2.32. The van der Waals surface area contributed by atoms with Crippen LogP contribution in [0, 0.1) is 5.92 Å². The predicted octanol–water partition coefficient (Wildman–Crippen LogP) is 3.04. The summed E-state index contributed by atoms with van der Waals surface area (Å²) >= 11 is 0. The molecule has 1 nitrogen and oxygen atoms in total. The van der Waals surface area contributed by atoms with Crippen LogP contribution >= 0.6 is 0 Å². The molecule has 0 spiro atoms. The fourth-order valence-electron chi connectivity index (χ4n) is 0.944. The highest BCUT2D eigenvalue weighted by Crippen LogP contribution is 2.25. The number of hydrogen-bond acceptors (Lipinski definition) is 1. The molecule has 0 bridgehead atoms. The molecule has 0 saturated heterocycles. The van der Waals surface area contributed by atoms with E-state index in [-0.39, 0.29) is 6.42 Å². The summed E-state index contributed by atoms with van der Waals surface area (Å²) in [4.78, 5) is 10.9. The average Bonchev–Trinajstić information content (AvgIpc) is 1.99. The quantitative estimate of drug-likeness (QED) is 0.632. The Hall–Kier alpha value is -0.470. The van der Waals surface area contributed by atoms with Crippen molar-refractivity contribution in [1.82, 2.24) is 0 Å². The second-order valence-electron chi connectivity index (χ2n) is 3.33. The topological polar surface area (TPSA) is 17.1 Å². The first-order valence-electron chi connectivity index (χ1n) is 4.34. The third-order valence-electron chi connectivity index (χ3n) is 1.73. The number of Topliss-reactive ketones (excluding diaryl/α,β-unsaturated/α-hetero) is 1. The number of hydrogen-bond donors (Lipinski definition) is 0. The molecule has 0 aromatic rings.